The van der Waals surface area contributed by atoms with E-state index in [4.69, 9.17) is 9.47 Å². The van der Waals surface area contributed by atoms with Crippen LogP contribution in [-0.4, -0.2) is 37.0 Å². The normalized spacial score (nSPS) is 10.3. The van der Waals surface area contributed by atoms with E-state index in [1.54, 1.807) is 62.4 Å². The van der Waals surface area contributed by atoms with E-state index in [1.807, 2.05) is 0 Å². The summed E-state index contributed by atoms with van der Waals surface area (Å²) in [6.45, 7) is 2.93. The summed E-state index contributed by atoms with van der Waals surface area (Å²) in [6, 6.07) is 13.6. The molecule has 0 radical (unpaired) electrons. The van der Waals surface area contributed by atoms with Crippen LogP contribution in [0.3, 0.4) is 0 Å². The molecule has 0 aliphatic heterocycles. The molecule has 0 aliphatic rings. The maximum absolute atomic E-state index is 12.3. The molecule has 7 nitrogen and oxygen atoms in total. The maximum atomic E-state index is 12.3. The first-order valence-corrected chi connectivity index (χ1v) is 9.39. The van der Waals surface area contributed by atoms with Gasteiger partial charge in [-0.3, -0.25) is 14.4 Å². The number of amides is 2. The highest BCUT2D eigenvalue weighted by atomic mass is 79.9. The summed E-state index contributed by atoms with van der Waals surface area (Å²) in [4.78, 5) is 35.9. The van der Waals surface area contributed by atoms with E-state index in [0.29, 0.717) is 5.69 Å². The van der Waals surface area contributed by atoms with Gasteiger partial charge < -0.3 is 20.1 Å². The summed E-state index contributed by atoms with van der Waals surface area (Å²) < 4.78 is 11.4. The zero-order valence-electron chi connectivity index (χ0n) is 15.5. The first-order chi connectivity index (χ1) is 13.3. The topological polar surface area (TPSA) is 93.7 Å². The lowest BCUT2D eigenvalue weighted by atomic mass is 10.2. The highest BCUT2D eigenvalue weighted by molar-refractivity contribution is 9.10. The van der Waals surface area contributed by atoms with Crippen LogP contribution in [0.2, 0.25) is 0 Å². The van der Waals surface area contributed by atoms with Gasteiger partial charge in [-0.25, -0.2) is 0 Å². The van der Waals surface area contributed by atoms with E-state index in [9.17, 15) is 14.4 Å². The number of carbonyl (C=O) groups excluding carboxylic acids is 3. The summed E-state index contributed by atoms with van der Waals surface area (Å²) >= 11 is 3.32. The molecule has 0 spiro atoms. The standard InChI is InChI=1S/C20H21BrN2O5/c1-13(2)28-19(25)11-22-20(26)16-5-3-4-6-17(16)27-12-18(24)23-15-9-7-14(21)8-10-15/h3-10,13H,11-12H2,1-2H3,(H,22,26)(H,23,24). The van der Waals surface area contributed by atoms with Gasteiger partial charge in [0.25, 0.3) is 11.8 Å². The van der Waals surface area contributed by atoms with Crippen LogP contribution in [0.25, 0.3) is 0 Å². The van der Waals surface area contributed by atoms with Gasteiger partial charge in [0.05, 0.1) is 11.7 Å². The van der Waals surface area contributed by atoms with Gasteiger partial charge in [0.1, 0.15) is 12.3 Å². The first-order valence-electron chi connectivity index (χ1n) is 8.60. The number of benzene rings is 2. The molecule has 2 rings (SSSR count). The number of ether oxygens (including phenoxy) is 2. The van der Waals surface area contributed by atoms with Crippen LogP contribution >= 0.6 is 15.9 Å². The van der Waals surface area contributed by atoms with Crippen molar-refractivity contribution >= 4 is 39.4 Å². The van der Waals surface area contributed by atoms with Crippen LogP contribution in [0.15, 0.2) is 53.0 Å². The first kappa shape index (κ1) is 21.4. The largest absolute Gasteiger partial charge is 0.483 e. The molecule has 0 heterocycles. The smallest absolute Gasteiger partial charge is 0.325 e. The fourth-order valence-corrected chi connectivity index (χ4v) is 2.47. The molecule has 0 atom stereocenters. The Bertz CT molecular complexity index is 837. The molecule has 0 fully saturated rings. The molecule has 0 aromatic heterocycles. The van der Waals surface area contributed by atoms with Crippen molar-refractivity contribution in [2.45, 2.75) is 20.0 Å². The van der Waals surface area contributed by atoms with Gasteiger partial charge >= 0.3 is 5.97 Å². The second-order valence-corrected chi connectivity index (χ2v) is 6.98. The minimum absolute atomic E-state index is 0.219. The van der Waals surface area contributed by atoms with Gasteiger partial charge in [-0.2, -0.15) is 0 Å². The zero-order chi connectivity index (χ0) is 20.5. The van der Waals surface area contributed by atoms with E-state index in [-0.39, 0.29) is 36.5 Å². The van der Waals surface area contributed by atoms with E-state index in [0.717, 1.165) is 4.47 Å². The van der Waals surface area contributed by atoms with Crippen LogP contribution in [0, 0.1) is 0 Å². The average Bonchev–Trinajstić information content (AvgIpc) is 2.66. The number of rotatable bonds is 8. The molecule has 0 bridgehead atoms. The predicted molar refractivity (Wildman–Crippen MR) is 108 cm³/mol. The van der Waals surface area contributed by atoms with Crippen molar-refractivity contribution < 1.29 is 23.9 Å². The van der Waals surface area contributed by atoms with E-state index in [2.05, 4.69) is 26.6 Å². The van der Waals surface area contributed by atoms with Crippen LogP contribution in [0.1, 0.15) is 24.2 Å². The molecule has 148 valence electrons. The SMILES string of the molecule is CC(C)OC(=O)CNC(=O)c1ccccc1OCC(=O)Nc1ccc(Br)cc1. The van der Waals surface area contributed by atoms with E-state index < -0.39 is 11.9 Å². The molecule has 0 unspecified atom stereocenters. The molecule has 0 aliphatic carbocycles. The third-order valence-corrected chi connectivity index (χ3v) is 3.91. The Morgan fingerprint density at radius 1 is 1.04 bits per heavy atom. The predicted octanol–water partition coefficient (Wildman–Crippen LogP) is 3.15. The molecule has 8 heteroatoms. The number of hydrogen-bond donors (Lipinski definition) is 2. The van der Waals surface area contributed by atoms with Crippen LogP contribution in [0.5, 0.6) is 5.75 Å². The monoisotopic (exact) mass is 448 g/mol. The number of halogens is 1. The van der Waals surface area contributed by atoms with Crippen LogP contribution in [0.4, 0.5) is 5.69 Å². The summed E-state index contributed by atoms with van der Waals surface area (Å²) in [5.41, 5.74) is 0.850. The number of hydrogen-bond acceptors (Lipinski definition) is 5. The summed E-state index contributed by atoms with van der Waals surface area (Å²) in [6.07, 6.45) is -0.260. The van der Waals surface area contributed by atoms with Crippen LogP contribution < -0.4 is 15.4 Å². The van der Waals surface area contributed by atoms with E-state index >= 15 is 0 Å². The third kappa shape index (κ3) is 7.03. The lowest BCUT2D eigenvalue weighted by Gasteiger charge is -2.12. The maximum Gasteiger partial charge on any atom is 0.325 e. The Morgan fingerprint density at radius 3 is 2.39 bits per heavy atom. The molecule has 2 aromatic rings. The van der Waals surface area contributed by atoms with Gasteiger partial charge in [-0.1, -0.05) is 28.1 Å². The van der Waals surface area contributed by atoms with E-state index in [1.165, 1.54) is 0 Å². The molecular weight excluding hydrogens is 428 g/mol. The summed E-state index contributed by atoms with van der Waals surface area (Å²) in [5, 5.41) is 5.18. The second kappa shape index (κ2) is 10.5. The molecule has 2 aromatic carbocycles. The van der Waals surface area contributed by atoms with Gasteiger partial charge in [-0.05, 0) is 50.2 Å². The highest BCUT2D eigenvalue weighted by Crippen LogP contribution is 2.18. The number of para-hydroxylation sites is 1. The Labute approximate surface area is 171 Å². The number of anilines is 1. The lowest BCUT2D eigenvalue weighted by molar-refractivity contribution is -0.146. The number of nitrogens with one attached hydrogen (secondary N) is 2. The van der Waals surface area contributed by atoms with Crippen molar-refractivity contribution in [3.05, 3.63) is 58.6 Å². The lowest BCUT2D eigenvalue weighted by Crippen LogP contribution is -2.32. The van der Waals surface area contributed by atoms with Crippen molar-refractivity contribution in [2.75, 3.05) is 18.5 Å². The van der Waals surface area contributed by atoms with Crippen molar-refractivity contribution in [3.63, 3.8) is 0 Å². The minimum Gasteiger partial charge on any atom is -0.483 e. The third-order valence-electron chi connectivity index (χ3n) is 3.38. The molecule has 0 saturated carbocycles. The Morgan fingerprint density at radius 2 is 1.71 bits per heavy atom. The fraction of sp³-hybridized carbons (Fsp3) is 0.250. The number of carbonyl (C=O) groups is 3. The summed E-state index contributed by atoms with van der Waals surface area (Å²) in [5.74, 6) is -1.15. The van der Waals surface area contributed by atoms with Gasteiger partial charge in [-0.15, -0.1) is 0 Å². The molecule has 0 saturated heterocycles. The highest BCUT2D eigenvalue weighted by Gasteiger charge is 2.15. The van der Waals surface area contributed by atoms with Gasteiger partial charge in [0, 0.05) is 10.2 Å². The second-order valence-electron chi connectivity index (χ2n) is 6.06. The Hall–Kier alpha value is -2.87. The average molecular weight is 449 g/mol. The Kier molecular flexibility index (Phi) is 8.01. The molecular formula is C20H21BrN2O5. The van der Waals surface area contributed by atoms with Crippen molar-refractivity contribution in [1.29, 1.82) is 0 Å². The quantitative estimate of drug-likeness (QED) is 0.604. The van der Waals surface area contributed by atoms with Crippen LogP contribution in [-0.2, 0) is 14.3 Å². The Balaban J connectivity index is 1.91. The minimum atomic E-state index is -0.532. The van der Waals surface area contributed by atoms with Crippen molar-refractivity contribution in [1.82, 2.24) is 5.32 Å². The zero-order valence-corrected chi connectivity index (χ0v) is 17.1. The van der Waals surface area contributed by atoms with Crippen molar-refractivity contribution in [3.8, 4) is 5.75 Å². The molecule has 28 heavy (non-hydrogen) atoms. The van der Waals surface area contributed by atoms with Crippen molar-refractivity contribution in [2.24, 2.45) is 0 Å². The summed E-state index contributed by atoms with van der Waals surface area (Å²) in [7, 11) is 0. The fourth-order valence-electron chi connectivity index (χ4n) is 2.21. The molecule has 2 amide bonds. The van der Waals surface area contributed by atoms with Gasteiger partial charge in [0.2, 0.25) is 0 Å². The molecule has 2 N–H and O–H groups in total. The van der Waals surface area contributed by atoms with Gasteiger partial charge in [0.15, 0.2) is 6.61 Å². The number of esters is 1.